The zero-order valence-corrected chi connectivity index (χ0v) is 14.7. The Morgan fingerprint density at radius 1 is 1.12 bits per heavy atom. The average molecular weight is 353 g/mol. The molecule has 0 saturated carbocycles. The standard InChI is InChI=1S/C15H19N3O5S/c1-7-9(3)17-12(8(2)14(21)18(17)13(7)20)6-24-5-11(15(22)23)16-10(4)19/h11H,5-6H2,1-4H3,(H,16,19)(H,22,23)/t11-/m0/s1. The summed E-state index contributed by atoms with van der Waals surface area (Å²) < 4.78 is 2.70. The lowest BCUT2D eigenvalue weighted by atomic mass is 10.2. The molecule has 0 aliphatic carbocycles. The highest BCUT2D eigenvalue weighted by molar-refractivity contribution is 7.98. The minimum absolute atomic E-state index is 0.156. The van der Waals surface area contributed by atoms with Gasteiger partial charge in [-0.25, -0.2) is 4.79 Å². The molecule has 0 aliphatic rings. The van der Waals surface area contributed by atoms with E-state index in [-0.39, 0.29) is 16.9 Å². The third-order valence-electron chi connectivity index (χ3n) is 3.97. The second-order valence-corrected chi connectivity index (χ2v) is 6.65. The normalized spacial score (nSPS) is 12.5. The maximum atomic E-state index is 12.3. The van der Waals surface area contributed by atoms with Crippen LogP contribution < -0.4 is 16.4 Å². The first-order valence-electron chi connectivity index (χ1n) is 7.30. The summed E-state index contributed by atoms with van der Waals surface area (Å²) in [6.45, 7) is 6.34. The second-order valence-electron chi connectivity index (χ2n) is 5.62. The van der Waals surface area contributed by atoms with Gasteiger partial charge in [-0.15, -0.1) is 0 Å². The van der Waals surface area contributed by atoms with Gasteiger partial charge in [-0.1, -0.05) is 0 Å². The van der Waals surface area contributed by atoms with Crippen molar-refractivity contribution in [2.24, 2.45) is 0 Å². The molecule has 0 unspecified atom stereocenters. The van der Waals surface area contributed by atoms with Gasteiger partial charge in [0.15, 0.2) is 0 Å². The van der Waals surface area contributed by atoms with Crippen molar-refractivity contribution in [2.45, 2.75) is 39.5 Å². The van der Waals surface area contributed by atoms with Crippen LogP contribution in [0.4, 0.5) is 0 Å². The number of nitrogens with zero attached hydrogens (tertiary/aromatic N) is 2. The van der Waals surface area contributed by atoms with Crippen LogP contribution >= 0.6 is 11.8 Å². The van der Waals surface area contributed by atoms with E-state index in [9.17, 15) is 19.2 Å². The zero-order valence-electron chi connectivity index (χ0n) is 13.9. The number of aromatic nitrogens is 2. The highest BCUT2D eigenvalue weighted by Crippen LogP contribution is 2.17. The lowest BCUT2D eigenvalue weighted by Crippen LogP contribution is -2.41. The third kappa shape index (κ3) is 3.03. The van der Waals surface area contributed by atoms with Crippen molar-refractivity contribution >= 4 is 23.6 Å². The molecule has 2 heterocycles. The first-order chi connectivity index (χ1) is 11.2. The Hall–Kier alpha value is -2.29. The fourth-order valence-corrected chi connectivity index (χ4v) is 3.64. The van der Waals surface area contributed by atoms with Gasteiger partial charge in [0.2, 0.25) is 5.91 Å². The molecule has 0 fully saturated rings. The van der Waals surface area contributed by atoms with E-state index < -0.39 is 17.9 Å². The van der Waals surface area contributed by atoms with Crippen molar-refractivity contribution in [1.82, 2.24) is 14.3 Å². The molecular weight excluding hydrogens is 334 g/mol. The molecule has 0 aromatic carbocycles. The number of aliphatic carboxylic acids is 1. The number of rotatable bonds is 6. The van der Waals surface area contributed by atoms with Crippen molar-refractivity contribution in [2.75, 3.05) is 5.75 Å². The molecule has 8 nitrogen and oxygen atoms in total. The van der Waals surface area contributed by atoms with Gasteiger partial charge in [0.1, 0.15) is 6.04 Å². The Labute approximate surface area is 141 Å². The molecule has 0 aliphatic heterocycles. The number of hydrogen-bond acceptors (Lipinski definition) is 5. The molecule has 1 atom stereocenters. The van der Waals surface area contributed by atoms with E-state index in [0.29, 0.717) is 28.3 Å². The number of thioether (sulfide) groups is 1. The number of carboxylic acid groups (broad SMARTS) is 1. The number of carbonyl (C=O) groups excluding carboxylic acids is 1. The van der Waals surface area contributed by atoms with Crippen molar-refractivity contribution < 1.29 is 14.7 Å². The SMILES string of the molecule is CC(=O)N[C@@H](CSCc1c(C)c(=O)n2c(=O)c(C)c(C)n12)C(=O)O. The Kier molecular flexibility index (Phi) is 5.02. The topological polar surface area (TPSA) is 109 Å². The molecule has 130 valence electrons. The lowest BCUT2D eigenvalue weighted by Gasteiger charge is -2.12. The molecule has 2 rings (SSSR count). The highest BCUT2D eigenvalue weighted by atomic mass is 32.2. The van der Waals surface area contributed by atoms with E-state index in [2.05, 4.69) is 5.32 Å². The molecule has 1 amide bonds. The van der Waals surface area contributed by atoms with Crippen molar-refractivity contribution in [3.63, 3.8) is 0 Å². The van der Waals surface area contributed by atoms with Gasteiger partial charge in [0.25, 0.3) is 11.1 Å². The molecule has 0 radical (unpaired) electrons. The number of fused-ring (bicyclic) bond motifs is 1. The number of nitrogens with one attached hydrogen (secondary N) is 1. The van der Waals surface area contributed by atoms with Crippen LogP contribution in [0.3, 0.4) is 0 Å². The first-order valence-corrected chi connectivity index (χ1v) is 8.46. The number of hydrogen-bond donors (Lipinski definition) is 2. The minimum atomic E-state index is -1.12. The molecule has 2 aromatic heterocycles. The summed E-state index contributed by atoms with van der Waals surface area (Å²) in [5.41, 5.74) is 1.65. The van der Waals surface area contributed by atoms with Crippen LogP contribution in [0.25, 0.3) is 0 Å². The van der Waals surface area contributed by atoms with Crippen LogP contribution in [-0.4, -0.2) is 37.8 Å². The quantitative estimate of drug-likeness (QED) is 0.753. The maximum absolute atomic E-state index is 12.3. The molecule has 0 bridgehead atoms. The Morgan fingerprint density at radius 3 is 2.25 bits per heavy atom. The van der Waals surface area contributed by atoms with E-state index in [4.69, 9.17) is 5.11 Å². The maximum Gasteiger partial charge on any atom is 0.327 e. The molecule has 0 spiro atoms. The minimum Gasteiger partial charge on any atom is -0.480 e. The molecule has 0 saturated heterocycles. The summed E-state index contributed by atoms with van der Waals surface area (Å²) in [6, 6.07) is -1.000. The molecule has 2 aromatic rings. The second kappa shape index (κ2) is 6.68. The predicted octanol–water partition coefficient (Wildman–Crippen LogP) is -0.0552. The molecular formula is C15H19N3O5S. The number of carbonyl (C=O) groups is 2. The van der Waals surface area contributed by atoms with Crippen LogP contribution in [0.15, 0.2) is 9.59 Å². The summed E-state index contributed by atoms with van der Waals surface area (Å²) in [4.78, 5) is 46.6. The number of aryl methyl sites for hydroxylation is 1. The highest BCUT2D eigenvalue weighted by Gasteiger charge is 2.22. The van der Waals surface area contributed by atoms with Gasteiger partial charge >= 0.3 is 5.97 Å². The fourth-order valence-electron chi connectivity index (χ4n) is 2.52. The van der Waals surface area contributed by atoms with E-state index in [1.807, 2.05) is 0 Å². The molecule has 24 heavy (non-hydrogen) atoms. The zero-order chi connectivity index (χ0) is 18.2. The Balaban J connectivity index is 2.28. The molecule has 2 N–H and O–H groups in total. The monoisotopic (exact) mass is 353 g/mol. The number of amides is 1. The van der Waals surface area contributed by atoms with Gasteiger partial charge < -0.3 is 10.4 Å². The predicted molar refractivity (Wildman–Crippen MR) is 90.2 cm³/mol. The molecule has 9 heteroatoms. The summed E-state index contributed by atoms with van der Waals surface area (Å²) in [5, 5.41) is 11.5. The fraction of sp³-hybridized carbons (Fsp3) is 0.467. The largest absolute Gasteiger partial charge is 0.480 e. The summed E-state index contributed by atoms with van der Waals surface area (Å²) >= 11 is 1.28. The van der Waals surface area contributed by atoms with Gasteiger partial charge in [-0.05, 0) is 20.8 Å². The Morgan fingerprint density at radius 2 is 1.71 bits per heavy atom. The van der Waals surface area contributed by atoms with Gasteiger partial charge in [-0.3, -0.25) is 18.9 Å². The van der Waals surface area contributed by atoms with E-state index in [1.54, 1.807) is 25.3 Å². The van der Waals surface area contributed by atoms with E-state index in [1.165, 1.54) is 18.7 Å². The van der Waals surface area contributed by atoms with Crippen molar-refractivity contribution in [3.8, 4) is 0 Å². The van der Waals surface area contributed by atoms with Gasteiger partial charge in [0.05, 0.1) is 5.69 Å². The Bertz CT molecular complexity index is 914. The summed E-state index contributed by atoms with van der Waals surface area (Å²) in [7, 11) is 0. The van der Waals surface area contributed by atoms with Crippen LogP contribution in [0.1, 0.15) is 29.4 Å². The van der Waals surface area contributed by atoms with Gasteiger partial charge in [-0.2, -0.15) is 16.3 Å². The van der Waals surface area contributed by atoms with Gasteiger partial charge in [0, 0.05) is 35.3 Å². The number of carboxylic acids is 1. The van der Waals surface area contributed by atoms with Crippen LogP contribution in [-0.2, 0) is 15.3 Å². The van der Waals surface area contributed by atoms with E-state index in [0.717, 1.165) is 4.52 Å². The van der Waals surface area contributed by atoms with Crippen LogP contribution in [0.5, 0.6) is 0 Å². The average Bonchev–Trinajstić information content (AvgIpc) is 2.87. The van der Waals surface area contributed by atoms with Crippen molar-refractivity contribution in [3.05, 3.63) is 43.2 Å². The summed E-state index contributed by atoms with van der Waals surface area (Å²) in [6.07, 6.45) is 0. The summed E-state index contributed by atoms with van der Waals surface area (Å²) in [5.74, 6) is -1.02. The first kappa shape index (κ1) is 18.1. The van der Waals surface area contributed by atoms with Crippen molar-refractivity contribution in [1.29, 1.82) is 0 Å². The third-order valence-corrected chi connectivity index (χ3v) is 5.02. The van der Waals surface area contributed by atoms with E-state index >= 15 is 0 Å². The van der Waals surface area contributed by atoms with Crippen LogP contribution in [0.2, 0.25) is 0 Å². The smallest absolute Gasteiger partial charge is 0.327 e. The van der Waals surface area contributed by atoms with Crippen LogP contribution in [0, 0.1) is 20.8 Å². The lowest BCUT2D eigenvalue weighted by molar-refractivity contribution is -0.140.